The van der Waals surface area contributed by atoms with Crippen LogP contribution in [0.25, 0.3) is 0 Å². The minimum absolute atomic E-state index is 0.0348. The number of aromatic nitrogens is 2. The summed E-state index contributed by atoms with van der Waals surface area (Å²) in [6, 6.07) is -0.385. The maximum atomic E-state index is 12.6. The standard InChI is InChI=1S/C18H29N5O2/c1-19-16(14-10-20-22(2)11-14)17(24)21-15-8-9-23(12-15)18(25)13-6-4-3-5-7-13/h10-11,13,15-16,19H,3-9,12H2,1-2H3,(H,21,24). The van der Waals surface area contributed by atoms with Crippen molar-refractivity contribution in [3.63, 3.8) is 0 Å². The molecule has 1 saturated heterocycles. The van der Waals surface area contributed by atoms with E-state index in [4.69, 9.17) is 0 Å². The van der Waals surface area contributed by atoms with Gasteiger partial charge in [0.05, 0.1) is 6.20 Å². The van der Waals surface area contributed by atoms with Crippen LogP contribution in [0, 0.1) is 5.92 Å². The highest BCUT2D eigenvalue weighted by atomic mass is 16.2. The first kappa shape index (κ1) is 17.9. The predicted molar refractivity (Wildman–Crippen MR) is 94.7 cm³/mol. The molecule has 2 unspecified atom stereocenters. The SMILES string of the molecule is CNC(C(=O)NC1CCN(C(=O)C2CCCCC2)C1)c1cnn(C)c1. The zero-order valence-corrected chi connectivity index (χ0v) is 15.2. The van der Waals surface area contributed by atoms with Crippen molar-refractivity contribution in [3.8, 4) is 0 Å². The van der Waals surface area contributed by atoms with E-state index in [0.717, 1.165) is 31.4 Å². The van der Waals surface area contributed by atoms with Crippen LogP contribution in [0.2, 0.25) is 0 Å². The number of aryl methyl sites for hydroxylation is 1. The Morgan fingerprint density at radius 3 is 2.64 bits per heavy atom. The van der Waals surface area contributed by atoms with E-state index in [2.05, 4.69) is 15.7 Å². The number of carbonyl (C=O) groups excluding carboxylic acids is 2. The van der Waals surface area contributed by atoms with Crippen molar-refractivity contribution < 1.29 is 9.59 Å². The van der Waals surface area contributed by atoms with Crippen LogP contribution in [0.3, 0.4) is 0 Å². The van der Waals surface area contributed by atoms with Gasteiger partial charge in [-0.15, -0.1) is 0 Å². The van der Waals surface area contributed by atoms with Crippen molar-refractivity contribution >= 4 is 11.8 Å². The summed E-state index contributed by atoms with van der Waals surface area (Å²) >= 11 is 0. The van der Waals surface area contributed by atoms with Gasteiger partial charge in [0.2, 0.25) is 11.8 Å². The lowest BCUT2D eigenvalue weighted by atomic mass is 9.88. The molecule has 0 spiro atoms. The van der Waals surface area contributed by atoms with Crippen molar-refractivity contribution in [2.24, 2.45) is 13.0 Å². The number of hydrogen-bond donors (Lipinski definition) is 2. The van der Waals surface area contributed by atoms with Crippen molar-refractivity contribution in [1.82, 2.24) is 25.3 Å². The third-order valence-corrected chi connectivity index (χ3v) is 5.41. The molecule has 1 aliphatic carbocycles. The van der Waals surface area contributed by atoms with Crippen LogP contribution in [-0.4, -0.2) is 52.7 Å². The fourth-order valence-corrected chi connectivity index (χ4v) is 4.01. The van der Waals surface area contributed by atoms with Gasteiger partial charge in [-0.2, -0.15) is 5.10 Å². The molecule has 1 aromatic rings. The Labute approximate surface area is 149 Å². The predicted octanol–water partition coefficient (Wildman–Crippen LogP) is 0.978. The molecular weight excluding hydrogens is 318 g/mol. The molecule has 2 heterocycles. The van der Waals surface area contributed by atoms with Crippen LogP contribution >= 0.6 is 0 Å². The van der Waals surface area contributed by atoms with Crippen LogP contribution < -0.4 is 10.6 Å². The van der Waals surface area contributed by atoms with E-state index in [1.54, 1.807) is 17.9 Å². The van der Waals surface area contributed by atoms with E-state index in [1.165, 1.54) is 19.3 Å². The van der Waals surface area contributed by atoms with Crippen LogP contribution in [0.15, 0.2) is 12.4 Å². The molecule has 2 atom stereocenters. The highest BCUT2D eigenvalue weighted by molar-refractivity contribution is 5.84. The normalized spacial score (nSPS) is 22.8. The molecule has 0 radical (unpaired) electrons. The van der Waals surface area contributed by atoms with Gasteiger partial charge in [0.25, 0.3) is 0 Å². The summed E-state index contributed by atoms with van der Waals surface area (Å²) in [4.78, 5) is 27.2. The average Bonchev–Trinajstić information content (AvgIpc) is 3.25. The molecule has 2 amide bonds. The Hall–Kier alpha value is -1.89. The number of likely N-dealkylation sites (N-methyl/N-ethyl adjacent to an activating group) is 1. The molecule has 138 valence electrons. The Morgan fingerprint density at radius 1 is 1.24 bits per heavy atom. The molecule has 2 fully saturated rings. The second kappa shape index (κ2) is 7.99. The second-order valence-electron chi connectivity index (χ2n) is 7.28. The Kier molecular flexibility index (Phi) is 5.73. The zero-order valence-electron chi connectivity index (χ0n) is 15.2. The number of hydrogen-bond acceptors (Lipinski definition) is 4. The summed E-state index contributed by atoms with van der Waals surface area (Å²) < 4.78 is 1.69. The van der Waals surface area contributed by atoms with E-state index in [1.807, 2.05) is 18.1 Å². The quantitative estimate of drug-likeness (QED) is 0.832. The van der Waals surface area contributed by atoms with Crippen LogP contribution in [-0.2, 0) is 16.6 Å². The summed E-state index contributed by atoms with van der Waals surface area (Å²) in [6.07, 6.45) is 10.0. The molecule has 7 heteroatoms. The first-order valence-corrected chi connectivity index (χ1v) is 9.33. The molecule has 0 bridgehead atoms. The number of nitrogens with zero attached hydrogens (tertiary/aromatic N) is 3. The second-order valence-corrected chi connectivity index (χ2v) is 7.28. The molecule has 2 N–H and O–H groups in total. The average molecular weight is 347 g/mol. The van der Waals surface area contributed by atoms with E-state index in [-0.39, 0.29) is 23.8 Å². The van der Waals surface area contributed by atoms with Gasteiger partial charge in [-0.05, 0) is 26.3 Å². The smallest absolute Gasteiger partial charge is 0.242 e. The van der Waals surface area contributed by atoms with E-state index in [9.17, 15) is 9.59 Å². The topological polar surface area (TPSA) is 79.3 Å². The summed E-state index contributed by atoms with van der Waals surface area (Å²) in [7, 11) is 3.60. The van der Waals surface area contributed by atoms with Gasteiger partial charge in [0.15, 0.2) is 0 Å². The minimum atomic E-state index is -0.420. The van der Waals surface area contributed by atoms with Crippen LogP contribution in [0.4, 0.5) is 0 Å². The maximum Gasteiger partial charge on any atom is 0.242 e. The Morgan fingerprint density at radius 2 is 2.00 bits per heavy atom. The van der Waals surface area contributed by atoms with E-state index in [0.29, 0.717) is 6.54 Å². The summed E-state index contributed by atoms with van der Waals surface area (Å²) in [5.74, 6) is 0.421. The fraction of sp³-hybridized carbons (Fsp3) is 0.722. The first-order valence-electron chi connectivity index (χ1n) is 9.33. The minimum Gasteiger partial charge on any atom is -0.350 e. The lowest BCUT2D eigenvalue weighted by Gasteiger charge is -2.26. The number of rotatable bonds is 5. The largest absolute Gasteiger partial charge is 0.350 e. The summed E-state index contributed by atoms with van der Waals surface area (Å²) in [5, 5.41) is 10.3. The molecule has 0 aromatic carbocycles. The van der Waals surface area contributed by atoms with Gasteiger partial charge in [-0.25, -0.2) is 0 Å². The zero-order chi connectivity index (χ0) is 17.8. The molecule has 1 aliphatic heterocycles. The van der Waals surface area contributed by atoms with Gasteiger partial charge < -0.3 is 15.5 Å². The third-order valence-electron chi connectivity index (χ3n) is 5.41. The number of nitrogens with one attached hydrogen (secondary N) is 2. The number of amides is 2. The van der Waals surface area contributed by atoms with Gasteiger partial charge >= 0.3 is 0 Å². The van der Waals surface area contributed by atoms with Gasteiger partial charge in [0, 0.05) is 43.9 Å². The van der Waals surface area contributed by atoms with Crippen molar-refractivity contribution in [1.29, 1.82) is 0 Å². The molecule has 3 rings (SSSR count). The Bertz CT molecular complexity index is 608. The van der Waals surface area contributed by atoms with Crippen molar-refractivity contribution in [2.75, 3.05) is 20.1 Å². The Balaban J connectivity index is 1.53. The van der Waals surface area contributed by atoms with Crippen molar-refractivity contribution in [3.05, 3.63) is 18.0 Å². The summed E-state index contributed by atoms with van der Waals surface area (Å²) in [5.41, 5.74) is 0.843. The highest BCUT2D eigenvalue weighted by Gasteiger charge is 2.33. The molecule has 1 saturated carbocycles. The number of likely N-dealkylation sites (tertiary alicyclic amines) is 1. The van der Waals surface area contributed by atoms with Gasteiger partial charge in [-0.1, -0.05) is 19.3 Å². The van der Waals surface area contributed by atoms with Gasteiger partial charge in [0.1, 0.15) is 6.04 Å². The maximum absolute atomic E-state index is 12.6. The summed E-state index contributed by atoms with van der Waals surface area (Å²) in [6.45, 7) is 1.38. The monoisotopic (exact) mass is 347 g/mol. The van der Waals surface area contributed by atoms with Crippen LogP contribution in [0.5, 0.6) is 0 Å². The molecule has 2 aliphatic rings. The fourth-order valence-electron chi connectivity index (χ4n) is 4.01. The number of carbonyl (C=O) groups is 2. The molecule has 25 heavy (non-hydrogen) atoms. The first-order chi connectivity index (χ1) is 12.1. The highest BCUT2D eigenvalue weighted by Crippen LogP contribution is 2.27. The lowest BCUT2D eigenvalue weighted by molar-refractivity contribution is -0.135. The van der Waals surface area contributed by atoms with E-state index < -0.39 is 6.04 Å². The van der Waals surface area contributed by atoms with Crippen LogP contribution in [0.1, 0.15) is 50.1 Å². The van der Waals surface area contributed by atoms with E-state index >= 15 is 0 Å². The molecule has 1 aromatic heterocycles. The third kappa shape index (κ3) is 4.21. The molecular formula is C18H29N5O2. The van der Waals surface area contributed by atoms with Crippen molar-refractivity contribution in [2.45, 2.75) is 50.6 Å². The lowest BCUT2D eigenvalue weighted by Crippen LogP contribution is -2.44. The molecule has 7 nitrogen and oxygen atoms in total. The van der Waals surface area contributed by atoms with Gasteiger partial charge in [-0.3, -0.25) is 14.3 Å².